The predicted octanol–water partition coefficient (Wildman–Crippen LogP) is 6.15. The molecule has 0 unspecified atom stereocenters. The summed E-state index contributed by atoms with van der Waals surface area (Å²) in [6, 6.07) is 10.3. The molecule has 0 radical (unpaired) electrons. The van der Waals surface area contributed by atoms with Crippen LogP contribution in [0.2, 0.25) is 0 Å². The van der Waals surface area contributed by atoms with Crippen molar-refractivity contribution in [1.82, 2.24) is 19.9 Å². The molecule has 33 heavy (non-hydrogen) atoms. The van der Waals surface area contributed by atoms with Crippen LogP contribution < -0.4 is 10.1 Å². The van der Waals surface area contributed by atoms with Gasteiger partial charge in [0.2, 0.25) is 0 Å². The number of methoxy groups -OCH3 is 1. The molecule has 1 N–H and O–H groups in total. The molecule has 2 aromatic carbocycles. The highest BCUT2D eigenvalue weighted by molar-refractivity contribution is 7.13. The van der Waals surface area contributed by atoms with Gasteiger partial charge in [-0.25, -0.2) is 23.7 Å². The monoisotopic (exact) mass is 461 g/mol. The van der Waals surface area contributed by atoms with Crippen molar-refractivity contribution in [1.29, 1.82) is 0 Å². The molecule has 0 saturated carbocycles. The second-order valence-corrected chi connectivity index (χ2v) is 8.11. The van der Waals surface area contributed by atoms with Crippen molar-refractivity contribution in [2.45, 2.75) is 6.92 Å². The standard InChI is InChI=1S/C24H17F2N5OS/c1-13-12-33-24(28-13)31-23-18-8-15(17-10-16(25)5-6-19(17)26)9-20(32-2)21(18)29-22(30-23)14-4-3-7-27-11-14/h3-12H,1-2H3,(H,28,29,30,31). The predicted molar refractivity (Wildman–Crippen MR) is 125 cm³/mol. The number of hydrogen-bond acceptors (Lipinski definition) is 7. The average Bonchev–Trinajstić information content (AvgIpc) is 3.25. The molecule has 0 aliphatic heterocycles. The second kappa shape index (κ2) is 8.51. The SMILES string of the molecule is COc1cc(-c2cc(F)ccc2F)cc2c(Nc3nc(C)cs3)nc(-c3cccnc3)nc12. The van der Waals surface area contributed by atoms with E-state index in [0.29, 0.717) is 39.0 Å². The summed E-state index contributed by atoms with van der Waals surface area (Å²) in [5, 5.41) is 6.39. The fourth-order valence-corrected chi connectivity index (χ4v) is 4.15. The van der Waals surface area contributed by atoms with E-state index >= 15 is 0 Å². The Morgan fingerprint density at radius 1 is 1.00 bits per heavy atom. The van der Waals surface area contributed by atoms with Crippen LogP contribution in [0, 0.1) is 18.6 Å². The molecule has 0 aliphatic carbocycles. The molecule has 0 atom stereocenters. The Labute approximate surface area is 192 Å². The molecule has 9 heteroatoms. The van der Waals surface area contributed by atoms with Gasteiger partial charge in [0.15, 0.2) is 11.0 Å². The van der Waals surface area contributed by atoms with E-state index in [-0.39, 0.29) is 5.56 Å². The van der Waals surface area contributed by atoms with Crippen molar-refractivity contribution in [2.75, 3.05) is 12.4 Å². The van der Waals surface area contributed by atoms with Gasteiger partial charge in [0.25, 0.3) is 0 Å². The first-order chi connectivity index (χ1) is 16.0. The van der Waals surface area contributed by atoms with E-state index in [9.17, 15) is 8.78 Å². The number of aryl methyl sites for hydroxylation is 1. The maximum Gasteiger partial charge on any atom is 0.188 e. The highest BCUT2D eigenvalue weighted by Crippen LogP contribution is 2.37. The van der Waals surface area contributed by atoms with Crippen molar-refractivity contribution < 1.29 is 13.5 Å². The number of ether oxygens (including phenoxy) is 1. The maximum atomic E-state index is 14.6. The minimum atomic E-state index is -0.546. The average molecular weight is 461 g/mol. The number of thiazole rings is 1. The molecule has 0 amide bonds. The molecule has 3 aromatic heterocycles. The fourth-order valence-electron chi connectivity index (χ4n) is 3.46. The lowest BCUT2D eigenvalue weighted by molar-refractivity contribution is 0.419. The Hall–Kier alpha value is -3.98. The molecule has 0 spiro atoms. The molecular formula is C24H17F2N5OS. The summed E-state index contributed by atoms with van der Waals surface area (Å²) in [4.78, 5) is 18.0. The van der Waals surface area contributed by atoms with Gasteiger partial charge in [0.05, 0.1) is 12.8 Å². The van der Waals surface area contributed by atoms with Gasteiger partial charge in [0.1, 0.15) is 28.7 Å². The highest BCUT2D eigenvalue weighted by atomic mass is 32.1. The molecule has 0 saturated heterocycles. The smallest absolute Gasteiger partial charge is 0.188 e. The Balaban J connectivity index is 1.78. The van der Waals surface area contributed by atoms with Crippen LogP contribution in [-0.2, 0) is 0 Å². The van der Waals surface area contributed by atoms with Crippen LogP contribution in [0.15, 0.2) is 60.2 Å². The summed E-state index contributed by atoms with van der Waals surface area (Å²) in [5.41, 5.74) is 2.66. The van der Waals surface area contributed by atoms with Gasteiger partial charge < -0.3 is 10.1 Å². The lowest BCUT2D eigenvalue weighted by Crippen LogP contribution is -2.01. The maximum absolute atomic E-state index is 14.6. The number of nitrogens with one attached hydrogen (secondary N) is 1. The summed E-state index contributed by atoms with van der Waals surface area (Å²) in [6.45, 7) is 1.90. The van der Waals surface area contributed by atoms with Crippen molar-refractivity contribution >= 4 is 33.2 Å². The molecular weight excluding hydrogens is 444 g/mol. The summed E-state index contributed by atoms with van der Waals surface area (Å²) < 4.78 is 34.0. The first-order valence-electron chi connectivity index (χ1n) is 9.96. The van der Waals surface area contributed by atoms with Gasteiger partial charge in [-0.1, -0.05) is 0 Å². The van der Waals surface area contributed by atoms with Crippen LogP contribution in [0.5, 0.6) is 5.75 Å². The van der Waals surface area contributed by atoms with Crippen molar-refractivity contribution in [3.8, 4) is 28.3 Å². The zero-order valence-electron chi connectivity index (χ0n) is 17.6. The molecule has 0 bridgehead atoms. The van der Waals surface area contributed by atoms with Gasteiger partial charge in [-0.2, -0.15) is 0 Å². The highest BCUT2D eigenvalue weighted by Gasteiger charge is 2.18. The third kappa shape index (κ3) is 4.10. The van der Waals surface area contributed by atoms with Gasteiger partial charge in [0, 0.05) is 34.3 Å². The van der Waals surface area contributed by atoms with Crippen molar-refractivity contribution in [2.24, 2.45) is 0 Å². The zero-order valence-corrected chi connectivity index (χ0v) is 18.5. The van der Waals surface area contributed by atoms with Gasteiger partial charge in [-0.05, 0) is 55.0 Å². The Morgan fingerprint density at radius 3 is 2.61 bits per heavy atom. The Kier molecular flexibility index (Phi) is 5.39. The lowest BCUT2D eigenvalue weighted by Gasteiger charge is -2.14. The minimum Gasteiger partial charge on any atom is -0.494 e. The van der Waals surface area contributed by atoms with Gasteiger partial charge in [-0.3, -0.25) is 4.98 Å². The van der Waals surface area contributed by atoms with E-state index in [1.165, 1.54) is 18.4 Å². The van der Waals surface area contributed by atoms with Crippen LogP contribution in [0.1, 0.15) is 5.69 Å². The summed E-state index contributed by atoms with van der Waals surface area (Å²) in [6.07, 6.45) is 3.34. The third-order valence-electron chi connectivity index (χ3n) is 4.99. The molecule has 5 aromatic rings. The van der Waals surface area contributed by atoms with Crippen LogP contribution in [0.25, 0.3) is 33.4 Å². The molecule has 6 nitrogen and oxygen atoms in total. The molecule has 0 aliphatic rings. The third-order valence-corrected chi connectivity index (χ3v) is 5.86. The van der Waals surface area contributed by atoms with E-state index < -0.39 is 11.6 Å². The van der Waals surface area contributed by atoms with E-state index in [1.54, 1.807) is 30.6 Å². The Morgan fingerprint density at radius 2 is 1.88 bits per heavy atom. The van der Waals surface area contributed by atoms with Crippen LogP contribution >= 0.6 is 11.3 Å². The largest absolute Gasteiger partial charge is 0.494 e. The number of rotatable bonds is 5. The summed E-state index contributed by atoms with van der Waals surface area (Å²) >= 11 is 1.43. The number of hydrogen-bond donors (Lipinski definition) is 1. The van der Waals surface area contributed by atoms with Gasteiger partial charge >= 0.3 is 0 Å². The molecule has 5 rings (SSSR count). The number of anilines is 2. The molecule has 3 heterocycles. The molecule has 0 fully saturated rings. The van der Waals surface area contributed by atoms with Crippen LogP contribution in [0.4, 0.5) is 19.7 Å². The number of benzene rings is 2. The zero-order chi connectivity index (χ0) is 22.9. The topological polar surface area (TPSA) is 72.8 Å². The van der Waals surface area contributed by atoms with Crippen LogP contribution in [-0.4, -0.2) is 27.0 Å². The second-order valence-electron chi connectivity index (χ2n) is 7.26. The van der Waals surface area contributed by atoms with Gasteiger partial charge in [-0.15, -0.1) is 11.3 Å². The van der Waals surface area contributed by atoms with E-state index in [4.69, 9.17) is 14.7 Å². The first-order valence-corrected chi connectivity index (χ1v) is 10.8. The molecule has 164 valence electrons. The lowest BCUT2D eigenvalue weighted by atomic mass is 10.0. The quantitative estimate of drug-likeness (QED) is 0.338. The number of fused-ring (bicyclic) bond motifs is 1. The Bertz CT molecular complexity index is 1470. The normalized spacial score (nSPS) is 11.0. The van der Waals surface area contributed by atoms with Crippen LogP contribution in [0.3, 0.4) is 0 Å². The number of pyridine rings is 1. The van der Waals surface area contributed by atoms with E-state index in [1.807, 2.05) is 18.4 Å². The number of nitrogens with zero attached hydrogens (tertiary/aromatic N) is 4. The fraction of sp³-hybridized carbons (Fsp3) is 0.0833. The summed E-state index contributed by atoms with van der Waals surface area (Å²) in [7, 11) is 1.50. The van der Waals surface area contributed by atoms with Crippen molar-refractivity contribution in [3.63, 3.8) is 0 Å². The number of aromatic nitrogens is 4. The van der Waals surface area contributed by atoms with Crippen molar-refractivity contribution in [3.05, 3.63) is 77.6 Å². The minimum absolute atomic E-state index is 0.113. The summed E-state index contributed by atoms with van der Waals surface area (Å²) in [5.74, 6) is 0.220. The van der Waals surface area contributed by atoms with E-state index in [2.05, 4.69) is 15.3 Å². The first kappa shape index (κ1) is 20.9. The van der Waals surface area contributed by atoms with E-state index in [0.717, 1.165) is 29.5 Å². The number of halogens is 2.